The van der Waals surface area contributed by atoms with Crippen LogP contribution in [0.1, 0.15) is 9.67 Å². The molecule has 1 aromatic heterocycles. The fourth-order valence-electron chi connectivity index (χ4n) is 1.85. The summed E-state index contributed by atoms with van der Waals surface area (Å²) in [5, 5.41) is 4.54. The van der Waals surface area contributed by atoms with Crippen LogP contribution in [0.4, 0.5) is 5.69 Å². The predicted molar refractivity (Wildman–Crippen MR) is 81.2 cm³/mol. The normalized spacial score (nSPS) is 10.6. The number of carbonyl (C=O) groups is 1. The Labute approximate surface area is 119 Å². The van der Waals surface area contributed by atoms with Crippen LogP contribution in [0.5, 0.6) is 0 Å². The lowest BCUT2D eigenvalue weighted by molar-refractivity contribution is 0.103. The average Bonchev–Trinajstić information content (AvgIpc) is 2.82. The van der Waals surface area contributed by atoms with Crippen LogP contribution in [0.15, 0.2) is 54.6 Å². The smallest absolute Gasteiger partial charge is 0.265 e. The molecule has 3 rings (SSSR count). The maximum atomic E-state index is 12.2. The van der Waals surface area contributed by atoms with Crippen molar-refractivity contribution in [3.05, 3.63) is 64.5 Å². The highest BCUT2D eigenvalue weighted by molar-refractivity contribution is 7.20. The molecule has 0 spiro atoms. The lowest BCUT2D eigenvalue weighted by Crippen LogP contribution is -2.09. The van der Waals surface area contributed by atoms with Crippen LogP contribution in [-0.2, 0) is 0 Å². The summed E-state index contributed by atoms with van der Waals surface area (Å²) in [5.74, 6) is -0.108. The molecule has 1 N–H and O–H groups in total. The number of fused-ring (bicyclic) bond motifs is 1. The number of carbonyl (C=O) groups excluding carboxylic acids is 1. The maximum absolute atomic E-state index is 12.2. The summed E-state index contributed by atoms with van der Waals surface area (Å²) in [6.07, 6.45) is 0. The topological polar surface area (TPSA) is 29.1 Å². The van der Waals surface area contributed by atoms with Gasteiger partial charge in [0, 0.05) is 15.4 Å². The molecule has 1 amide bonds. The Morgan fingerprint density at radius 1 is 1.05 bits per heavy atom. The molecule has 0 bridgehead atoms. The van der Waals surface area contributed by atoms with Crippen molar-refractivity contribution in [2.45, 2.75) is 0 Å². The van der Waals surface area contributed by atoms with Gasteiger partial charge in [-0.15, -0.1) is 11.3 Å². The predicted octanol–water partition coefficient (Wildman–Crippen LogP) is 4.81. The first-order valence-electron chi connectivity index (χ1n) is 5.78. The second kappa shape index (κ2) is 5.03. The van der Waals surface area contributed by atoms with Crippen molar-refractivity contribution in [3.63, 3.8) is 0 Å². The van der Waals surface area contributed by atoms with Gasteiger partial charge in [-0.2, -0.15) is 0 Å². The molecule has 0 aliphatic rings. The minimum Gasteiger partial charge on any atom is -0.321 e. The van der Waals surface area contributed by atoms with Crippen molar-refractivity contribution in [2.75, 3.05) is 5.32 Å². The van der Waals surface area contributed by atoms with Crippen molar-refractivity contribution < 1.29 is 4.79 Å². The van der Waals surface area contributed by atoms with Crippen LogP contribution in [0.2, 0.25) is 5.02 Å². The van der Waals surface area contributed by atoms with Gasteiger partial charge in [-0.05, 0) is 35.7 Å². The number of hydrogen-bond acceptors (Lipinski definition) is 2. The first kappa shape index (κ1) is 12.2. The van der Waals surface area contributed by atoms with Crippen molar-refractivity contribution in [1.29, 1.82) is 0 Å². The van der Waals surface area contributed by atoms with E-state index >= 15 is 0 Å². The fourth-order valence-corrected chi connectivity index (χ4v) is 3.00. The highest BCUT2D eigenvalue weighted by atomic mass is 35.5. The molecule has 0 saturated heterocycles. The van der Waals surface area contributed by atoms with Gasteiger partial charge in [0.1, 0.15) is 0 Å². The Balaban J connectivity index is 1.87. The number of halogens is 1. The second-order valence-electron chi connectivity index (χ2n) is 4.11. The van der Waals surface area contributed by atoms with Crippen LogP contribution in [0, 0.1) is 0 Å². The molecule has 0 aliphatic carbocycles. The first-order chi connectivity index (χ1) is 9.22. The van der Waals surface area contributed by atoms with E-state index in [9.17, 15) is 4.79 Å². The number of thiophene rings is 1. The molecule has 0 fully saturated rings. The summed E-state index contributed by atoms with van der Waals surface area (Å²) < 4.78 is 1.11. The summed E-state index contributed by atoms with van der Waals surface area (Å²) >= 11 is 7.37. The fraction of sp³-hybridized carbons (Fsp3) is 0. The third-order valence-electron chi connectivity index (χ3n) is 2.73. The summed E-state index contributed by atoms with van der Waals surface area (Å²) in [6, 6.07) is 17.0. The molecule has 19 heavy (non-hydrogen) atoms. The SMILES string of the molecule is O=C(Nc1cccc(Cl)c1)c1cc2ccccc2s1. The average molecular weight is 288 g/mol. The van der Waals surface area contributed by atoms with Gasteiger partial charge < -0.3 is 5.32 Å². The largest absolute Gasteiger partial charge is 0.321 e. The molecule has 94 valence electrons. The van der Waals surface area contributed by atoms with Crippen LogP contribution >= 0.6 is 22.9 Å². The summed E-state index contributed by atoms with van der Waals surface area (Å²) in [7, 11) is 0. The van der Waals surface area contributed by atoms with Crippen molar-refractivity contribution in [1.82, 2.24) is 0 Å². The molecule has 0 radical (unpaired) electrons. The van der Waals surface area contributed by atoms with Crippen LogP contribution < -0.4 is 5.32 Å². The van der Waals surface area contributed by atoms with Gasteiger partial charge in [0.2, 0.25) is 0 Å². The van der Waals surface area contributed by atoms with E-state index in [-0.39, 0.29) is 5.91 Å². The van der Waals surface area contributed by atoms with Gasteiger partial charge in [0.05, 0.1) is 4.88 Å². The van der Waals surface area contributed by atoms with Crippen molar-refractivity contribution >= 4 is 44.6 Å². The molecule has 2 nitrogen and oxygen atoms in total. The number of anilines is 1. The quantitative estimate of drug-likeness (QED) is 0.720. The summed E-state index contributed by atoms with van der Waals surface area (Å²) in [5.41, 5.74) is 0.704. The molecule has 1 heterocycles. The number of nitrogens with one attached hydrogen (secondary N) is 1. The Hall–Kier alpha value is -1.84. The van der Waals surface area contributed by atoms with E-state index < -0.39 is 0 Å². The second-order valence-corrected chi connectivity index (χ2v) is 5.63. The van der Waals surface area contributed by atoms with Crippen molar-refractivity contribution in [3.8, 4) is 0 Å². The monoisotopic (exact) mass is 287 g/mol. The lowest BCUT2D eigenvalue weighted by Gasteiger charge is -2.03. The molecule has 2 aromatic carbocycles. The number of amides is 1. The van der Waals surface area contributed by atoms with Crippen LogP contribution in [0.25, 0.3) is 10.1 Å². The molecule has 0 aliphatic heterocycles. The van der Waals surface area contributed by atoms with Gasteiger partial charge in [0.25, 0.3) is 5.91 Å². The first-order valence-corrected chi connectivity index (χ1v) is 6.97. The molecule has 3 aromatic rings. The third-order valence-corrected chi connectivity index (χ3v) is 4.08. The van der Waals surface area contributed by atoms with E-state index in [0.717, 1.165) is 10.1 Å². The van der Waals surface area contributed by atoms with Crippen LogP contribution in [-0.4, -0.2) is 5.91 Å². The molecular weight excluding hydrogens is 278 g/mol. The standard InChI is InChI=1S/C15H10ClNOS/c16-11-5-3-6-12(9-11)17-15(18)14-8-10-4-1-2-7-13(10)19-14/h1-9H,(H,17,18). The molecule has 0 saturated carbocycles. The minimum absolute atomic E-state index is 0.108. The van der Waals surface area contributed by atoms with Crippen molar-refractivity contribution in [2.24, 2.45) is 0 Å². The number of hydrogen-bond donors (Lipinski definition) is 1. The Kier molecular flexibility index (Phi) is 3.23. The lowest BCUT2D eigenvalue weighted by atomic mass is 10.2. The molecular formula is C15H10ClNOS. The number of benzene rings is 2. The molecule has 0 atom stereocenters. The van der Waals surface area contributed by atoms with E-state index in [0.29, 0.717) is 15.6 Å². The van der Waals surface area contributed by atoms with Gasteiger partial charge in [-0.25, -0.2) is 0 Å². The van der Waals surface area contributed by atoms with E-state index in [4.69, 9.17) is 11.6 Å². The summed E-state index contributed by atoms with van der Waals surface area (Å²) in [4.78, 5) is 12.8. The zero-order valence-corrected chi connectivity index (χ0v) is 11.5. The zero-order valence-electron chi connectivity index (χ0n) is 9.89. The Morgan fingerprint density at radius 2 is 1.89 bits per heavy atom. The van der Waals surface area contributed by atoms with E-state index in [2.05, 4.69) is 5.32 Å². The van der Waals surface area contributed by atoms with Crippen LogP contribution in [0.3, 0.4) is 0 Å². The minimum atomic E-state index is -0.108. The van der Waals surface area contributed by atoms with E-state index in [1.165, 1.54) is 11.3 Å². The maximum Gasteiger partial charge on any atom is 0.265 e. The highest BCUT2D eigenvalue weighted by Gasteiger charge is 2.10. The Bertz CT molecular complexity index is 717. The highest BCUT2D eigenvalue weighted by Crippen LogP contribution is 2.26. The van der Waals surface area contributed by atoms with Gasteiger partial charge >= 0.3 is 0 Å². The molecule has 4 heteroatoms. The third kappa shape index (κ3) is 2.62. The van der Waals surface area contributed by atoms with Gasteiger partial charge in [0.15, 0.2) is 0 Å². The number of rotatable bonds is 2. The zero-order chi connectivity index (χ0) is 13.2. The van der Waals surface area contributed by atoms with E-state index in [1.54, 1.807) is 12.1 Å². The van der Waals surface area contributed by atoms with Gasteiger partial charge in [-0.3, -0.25) is 4.79 Å². The molecule has 0 unspecified atom stereocenters. The Morgan fingerprint density at radius 3 is 2.68 bits per heavy atom. The van der Waals surface area contributed by atoms with Gasteiger partial charge in [-0.1, -0.05) is 35.9 Å². The van der Waals surface area contributed by atoms with E-state index in [1.807, 2.05) is 42.5 Å². The summed E-state index contributed by atoms with van der Waals surface area (Å²) in [6.45, 7) is 0.